The number of nitrogens with one attached hydrogen (secondary N) is 1. The first kappa shape index (κ1) is 17.6. The maximum absolute atomic E-state index is 13.6. The van der Waals surface area contributed by atoms with Gasteiger partial charge in [0.05, 0.1) is 12.2 Å². The van der Waals surface area contributed by atoms with E-state index in [9.17, 15) is 13.6 Å². The van der Waals surface area contributed by atoms with Gasteiger partial charge < -0.3 is 10.4 Å². The SMILES string of the molecule is C[C@@H](CC1=CCN(CCO)CC1)NC(=O)c1cc(F)ccc1F. The molecule has 2 rings (SSSR count). The minimum absolute atomic E-state index is 0.148. The Morgan fingerprint density at radius 1 is 1.43 bits per heavy atom. The third-order valence-corrected chi connectivity index (χ3v) is 3.92. The first-order valence-corrected chi connectivity index (χ1v) is 7.76. The molecule has 6 heteroatoms. The summed E-state index contributed by atoms with van der Waals surface area (Å²) in [6, 6.07) is 2.68. The van der Waals surface area contributed by atoms with Crippen molar-refractivity contribution in [2.75, 3.05) is 26.2 Å². The summed E-state index contributed by atoms with van der Waals surface area (Å²) in [5.74, 6) is -1.97. The summed E-state index contributed by atoms with van der Waals surface area (Å²) >= 11 is 0. The summed E-state index contributed by atoms with van der Waals surface area (Å²) in [6.07, 6.45) is 3.66. The van der Waals surface area contributed by atoms with Gasteiger partial charge in [-0.25, -0.2) is 8.78 Å². The zero-order chi connectivity index (χ0) is 16.8. The third kappa shape index (κ3) is 5.11. The van der Waals surface area contributed by atoms with Crippen LogP contribution in [0, 0.1) is 11.6 Å². The van der Waals surface area contributed by atoms with E-state index in [4.69, 9.17) is 5.11 Å². The molecule has 23 heavy (non-hydrogen) atoms. The van der Waals surface area contributed by atoms with Gasteiger partial charge in [-0.3, -0.25) is 9.69 Å². The number of carbonyl (C=O) groups is 1. The van der Waals surface area contributed by atoms with E-state index in [2.05, 4.69) is 16.3 Å². The van der Waals surface area contributed by atoms with Crippen molar-refractivity contribution in [1.82, 2.24) is 10.2 Å². The fourth-order valence-electron chi connectivity index (χ4n) is 2.70. The van der Waals surface area contributed by atoms with E-state index < -0.39 is 17.5 Å². The standard InChI is InChI=1S/C17H22F2N2O2/c1-12(10-13-4-6-21(7-5-13)8-9-22)20-17(23)15-11-14(18)2-3-16(15)19/h2-4,11-12,22H,5-10H2,1H3,(H,20,23)/t12-/m0/s1. The highest BCUT2D eigenvalue weighted by molar-refractivity contribution is 5.94. The Morgan fingerprint density at radius 2 is 2.22 bits per heavy atom. The second-order valence-electron chi connectivity index (χ2n) is 5.84. The zero-order valence-electron chi connectivity index (χ0n) is 13.2. The molecule has 0 bridgehead atoms. The van der Waals surface area contributed by atoms with Crippen LogP contribution in [0.2, 0.25) is 0 Å². The van der Waals surface area contributed by atoms with Crippen molar-refractivity contribution in [3.05, 3.63) is 47.0 Å². The van der Waals surface area contributed by atoms with Crippen molar-refractivity contribution in [1.29, 1.82) is 0 Å². The fourth-order valence-corrected chi connectivity index (χ4v) is 2.70. The van der Waals surface area contributed by atoms with Gasteiger partial charge in [-0.2, -0.15) is 0 Å². The number of amides is 1. The molecule has 1 aromatic carbocycles. The minimum Gasteiger partial charge on any atom is -0.395 e. The molecule has 0 saturated carbocycles. The summed E-state index contributed by atoms with van der Waals surface area (Å²) in [6.45, 7) is 4.32. The Balaban J connectivity index is 1.88. The van der Waals surface area contributed by atoms with Gasteiger partial charge in [0.1, 0.15) is 11.6 Å². The number of carbonyl (C=O) groups excluding carboxylic acids is 1. The topological polar surface area (TPSA) is 52.6 Å². The van der Waals surface area contributed by atoms with Crippen LogP contribution in [0.15, 0.2) is 29.8 Å². The Bertz CT molecular complexity index is 590. The number of hydrogen-bond donors (Lipinski definition) is 2. The molecular formula is C17H22F2N2O2. The molecule has 1 atom stereocenters. The summed E-state index contributed by atoms with van der Waals surface area (Å²) in [7, 11) is 0. The van der Waals surface area contributed by atoms with Gasteiger partial charge in [-0.15, -0.1) is 0 Å². The molecule has 1 aliphatic heterocycles. The second-order valence-corrected chi connectivity index (χ2v) is 5.84. The predicted molar refractivity (Wildman–Crippen MR) is 84.1 cm³/mol. The van der Waals surface area contributed by atoms with Crippen LogP contribution in [-0.4, -0.2) is 48.2 Å². The number of aliphatic hydroxyl groups excluding tert-OH is 1. The zero-order valence-corrected chi connectivity index (χ0v) is 13.2. The Kier molecular flexibility index (Phi) is 6.24. The van der Waals surface area contributed by atoms with Crippen LogP contribution in [0.5, 0.6) is 0 Å². The van der Waals surface area contributed by atoms with Crippen molar-refractivity contribution in [2.24, 2.45) is 0 Å². The van der Waals surface area contributed by atoms with Crippen molar-refractivity contribution >= 4 is 5.91 Å². The van der Waals surface area contributed by atoms with E-state index in [0.717, 1.165) is 37.7 Å². The van der Waals surface area contributed by atoms with E-state index in [0.29, 0.717) is 13.0 Å². The fraction of sp³-hybridized carbons (Fsp3) is 0.471. The van der Waals surface area contributed by atoms with Crippen LogP contribution >= 0.6 is 0 Å². The molecule has 126 valence electrons. The lowest BCUT2D eigenvalue weighted by Crippen LogP contribution is -2.35. The molecule has 2 N–H and O–H groups in total. The first-order valence-electron chi connectivity index (χ1n) is 7.76. The lowest BCUT2D eigenvalue weighted by molar-refractivity contribution is 0.0935. The molecule has 0 unspecified atom stereocenters. The summed E-state index contributed by atoms with van der Waals surface area (Å²) in [5, 5.41) is 11.6. The molecular weight excluding hydrogens is 302 g/mol. The number of hydrogen-bond acceptors (Lipinski definition) is 3. The van der Waals surface area contributed by atoms with Crippen molar-refractivity contribution < 1.29 is 18.7 Å². The lowest BCUT2D eigenvalue weighted by atomic mass is 10.0. The molecule has 0 aromatic heterocycles. The highest BCUT2D eigenvalue weighted by Gasteiger charge is 2.17. The van der Waals surface area contributed by atoms with Crippen LogP contribution in [0.3, 0.4) is 0 Å². The molecule has 0 saturated heterocycles. The number of rotatable bonds is 6. The van der Waals surface area contributed by atoms with E-state index >= 15 is 0 Å². The number of benzene rings is 1. The average molecular weight is 324 g/mol. The number of aliphatic hydroxyl groups is 1. The quantitative estimate of drug-likeness (QED) is 0.788. The Hall–Kier alpha value is -1.79. The van der Waals surface area contributed by atoms with Gasteiger partial charge in [-0.05, 0) is 38.0 Å². The monoisotopic (exact) mass is 324 g/mol. The van der Waals surface area contributed by atoms with Gasteiger partial charge in [0, 0.05) is 25.7 Å². The van der Waals surface area contributed by atoms with Gasteiger partial charge in [0.15, 0.2) is 0 Å². The summed E-state index contributed by atoms with van der Waals surface area (Å²) in [4.78, 5) is 14.2. The van der Waals surface area contributed by atoms with Gasteiger partial charge >= 0.3 is 0 Å². The first-order chi connectivity index (χ1) is 11.0. The van der Waals surface area contributed by atoms with Crippen molar-refractivity contribution in [3.8, 4) is 0 Å². The molecule has 1 heterocycles. The normalized spacial score (nSPS) is 16.8. The van der Waals surface area contributed by atoms with Crippen LogP contribution in [0.4, 0.5) is 8.78 Å². The lowest BCUT2D eigenvalue weighted by Gasteiger charge is -2.26. The van der Waals surface area contributed by atoms with Gasteiger partial charge in [0.2, 0.25) is 0 Å². The van der Waals surface area contributed by atoms with Crippen LogP contribution < -0.4 is 5.32 Å². The van der Waals surface area contributed by atoms with Crippen molar-refractivity contribution in [3.63, 3.8) is 0 Å². The highest BCUT2D eigenvalue weighted by Crippen LogP contribution is 2.16. The second kappa shape index (κ2) is 8.17. The predicted octanol–water partition coefficient (Wildman–Crippen LogP) is 2.10. The van der Waals surface area contributed by atoms with E-state index in [1.807, 2.05) is 6.92 Å². The Labute approximate surface area is 134 Å². The van der Waals surface area contributed by atoms with Gasteiger partial charge in [0.25, 0.3) is 5.91 Å². The maximum Gasteiger partial charge on any atom is 0.254 e. The van der Waals surface area contributed by atoms with Crippen LogP contribution in [0.25, 0.3) is 0 Å². The minimum atomic E-state index is -0.729. The third-order valence-electron chi connectivity index (χ3n) is 3.92. The van der Waals surface area contributed by atoms with E-state index in [1.165, 1.54) is 5.57 Å². The van der Waals surface area contributed by atoms with Crippen molar-refractivity contribution in [2.45, 2.75) is 25.8 Å². The number of nitrogens with zero attached hydrogens (tertiary/aromatic N) is 1. The maximum atomic E-state index is 13.6. The molecule has 1 amide bonds. The average Bonchev–Trinajstić information content (AvgIpc) is 2.51. The Morgan fingerprint density at radius 3 is 2.87 bits per heavy atom. The van der Waals surface area contributed by atoms with Crippen LogP contribution in [0.1, 0.15) is 30.1 Å². The van der Waals surface area contributed by atoms with Crippen LogP contribution in [-0.2, 0) is 0 Å². The largest absolute Gasteiger partial charge is 0.395 e. The smallest absolute Gasteiger partial charge is 0.254 e. The molecule has 0 radical (unpaired) electrons. The van der Waals surface area contributed by atoms with E-state index in [-0.39, 0.29) is 18.2 Å². The number of β-amino-alcohol motifs (C(OH)–C–C–N with tert-alkyl or cyclic N) is 1. The van der Waals surface area contributed by atoms with Gasteiger partial charge in [-0.1, -0.05) is 11.6 Å². The summed E-state index contributed by atoms with van der Waals surface area (Å²) in [5.41, 5.74) is 0.954. The van der Waals surface area contributed by atoms with E-state index in [1.54, 1.807) is 0 Å². The molecule has 1 aromatic rings. The molecule has 0 fully saturated rings. The number of halogens is 2. The molecule has 1 aliphatic rings. The molecule has 4 nitrogen and oxygen atoms in total. The molecule has 0 aliphatic carbocycles. The summed E-state index contributed by atoms with van der Waals surface area (Å²) < 4.78 is 26.7. The molecule has 0 spiro atoms. The highest BCUT2D eigenvalue weighted by atomic mass is 19.1.